The van der Waals surface area contributed by atoms with Crippen molar-refractivity contribution in [3.05, 3.63) is 59.4 Å². The van der Waals surface area contributed by atoms with Crippen LogP contribution >= 0.6 is 0 Å². The highest BCUT2D eigenvalue weighted by molar-refractivity contribution is 7.91. The summed E-state index contributed by atoms with van der Waals surface area (Å²) in [5, 5.41) is 2.84. The van der Waals surface area contributed by atoms with Gasteiger partial charge in [-0.2, -0.15) is 13.2 Å². The Balaban J connectivity index is 1.42. The first-order chi connectivity index (χ1) is 17.5. The maximum Gasteiger partial charge on any atom is 0.414 e. The predicted molar refractivity (Wildman–Crippen MR) is 133 cm³/mol. The van der Waals surface area contributed by atoms with Crippen LogP contribution in [0, 0.1) is 5.92 Å². The van der Waals surface area contributed by atoms with Crippen LogP contribution in [-0.4, -0.2) is 48.5 Å². The Morgan fingerprint density at radius 2 is 1.86 bits per heavy atom. The van der Waals surface area contributed by atoms with Crippen LogP contribution in [-0.2, 0) is 34.1 Å². The summed E-state index contributed by atoms with van der Waals surface area (Å²) in [6.07, 6.45) is -5.18. The molecular formula is C26H30F3N3O4S. The monoisotopic (exact) mass is 537 g/mol. The molecule has 2 atom stereocenters. The molecule has 2 aromatic carbocycles. The molecule has 1 N–H and O–H groups in total. The molecule has 7 nitrogen and oxygen atoms in total. The Morgan fingerprint density at radius 1 is 1.14 bits per heavy atom. The van der Waals surface area contributed by atoms with Crippen molar-refractivity contribution in [2.45, 2.75) is 63.4 Å². The van der Waals surface area contributed by atoms with E-state index in [1.807, 2.05) is 17.6 Å². The Labute approximate surface area is 213 Å². The van der Waals surface area contributed by atoms with Gasteiger partial charge in [0.2, 0.25) is 0 Å². The Hall–Kier alpha value is -2.92. The number of sulfone groups is 1. The van der Waals surface area contributed by atoms with Crippen molar-refractivity contribution in [1.82, 2.24) is 14.9 Å². The second-order valence-electron chi connectivity index (χ2n) is 9.22. The summed E-state index contributed by atoms with van der Waals surface area (Å²) in [5.41, 5.74) is 2.69. The number of fused-ring (bicyclic) bond motifs is 1. The highest BCUT2D eigenvalue weighted by Gasteiger charge is 2.43. The number of hydrogen-bond donors (Lipinski definition) is 1. The molecule has 1 aliphatic rings. The summed E-state index contributed by atoms with van der Waals surface area (Å²) in [6.45, 7) is 4.47. The summed E-state index contributed by atoms with van der Waals surface area (Å²) in [4.78, 5) is 17.7. The number of ether oxygens (including phenoxy) is 1. The Bertz CT molecular complexity index is 1360. The van der Waals surface area contributed by atoms with Gasteiger partial charge >= 0.3 is 6.18 Å². The van der Waals surface area contributed by atoms with E-state index in [-0.39, 0.29) is 42.0 Å². The van der Waals surface area contributed by atoms with Crippen molar-refractivity contribution in [1.29, 1.82) is 0 Å². The standard InChI is InChI=1S/C26H30F3N3O4S/c1-3-32-22-11-8-19(25(33)30-15-17-5-9-20(10-6-17)37(34,35)4-2)14-21(22)31-24(32)13-18-7-12-23(36-16-18)26(27,28)29/h5-6,8-11,14,18,23H,3-4,7,12-13,15-16H2,1-2H3,(H,30,33)/t18-,23+/m0/s1. The third-order valence-electron chi connectivity index (χ3n) is 6.73. The van der Waals surface area contributed by atoms with Crippen LogP contribution in [0.2, 0.25) is 0 Å². The van der Waals surface area contributed by atoms with Gasteiger partial charge in [0.1, 0.15) is 5.82 Å². The maximum atomic E-state index is 12.9. The lowest BCUT2D eigenvalue weighted by atomic mass is 9.95. The number of imidazole rings is 1. The van der Waals surface area contributed by atoms with Gasteiger partial charge in [-0.3, -0.25) is 4.79 Å². The van der Waals surface area contributed by atoms with Gasteiger partial charge in [0.25, 0.3) is 5.91 Å². The topological polar surface area (TPSA) is 90.3 Å². The summed E-state index contributed by atoms with van der Waals surface area (Å²) in [5.74, 6) is 0.436. The molecule has 1 aliphatic heterocycles. The van der Waals surface area contributed by atoms with Crippen molar-refractivity contribution in [2.24, 2.45) is 5.92 Å². The molecule has 200 valence electrons. The number of aromatic nitrogens is 2. The maximum absolute atomic E-state index is 12.9. The first kappa shape index (κ1) is 27.1. The highest BCUT2D eigenvalue weighted by atomic mass is 32.2. The number of nitrogens with one attached hydrogen (secondary N) is 1. The predicted octanol–water partition coefficient (Wildman–Crippen LogP) is 4.68. The molecule has 1 aromatic heterocycles. The van der Waals surface area contributed by atoms with Crippen LogP contribution < -0.4 is 5.32 Å². The van der Waals surface area contributed by atoms with Gasteiger partial charge in [-0.1, -0.05) is 19.1 Å². The molecule has 3 aromatic rings. The minimum Gasteiger partial charge on any atom is -0.368 e. The Morgan fingerprint density at radius 3 is 2.46 bits per heavy atom. The second kappa shape index (κ2) is 10.8. The van der Waals surface area contributed by atoms with Gasteiger partial charge < -0.3 is 14.6 Å². The molecule has 2 heterocycles. The Kier molecular flexibility index (Phi) is 7.94. The molecule has 0 unspecified atom stereocenters. The number of nitrogens with zero attached hydrogens (tertiary/aromatic N) is 2. The summed E-state index contributed by atoms with van der Waals surface area (Å²) in [7, 11) is -3.28. The molecule has 4 rings (SSSR count). The van der Waals surface area contributed by atoms with Crippen LogP contribution in [0.5, 0.6) is 0 Å². The van der Waals surface area contributed by atoms with E-state index in [4.69, 9.17) is 9.72 Å². The molecule has 0 bridgehead atoms. The third kappa shape index (κ3) is 6.15. The molecular weight excluding hydrogens is 507 g/mol. The minimum atomic E-state index is -4.34. The van der Waals surface area contributed by atoms with Gasteiger partial charge in [-0.05, 0) is 61.6 Å². The molecule has 1 saturated heterocycles. The molecule has 1 amide bonds. The van der Waals surface area contributed by atoms with E-state index in [0.29, 0.717) is 30.5 Å². The van der Waals surface area contributed by atoms with Crippen molar-refractivity contribution in [3.8, 4) is 0 Å². The van der Waals surface area contributed by atoms with Crippen LogP contribution in [0.1, 0.15) is 48.4 Å². The van der Waals surface area contributed by atoms with Crippen LogP contribution in [0.4, 0.5) is 13.2 Å². The SMILES string of the molecule is CCn1c(C[C@@H]2CC[C@H](C(F)(F)F)OC2)nc2cc(C(=O)NCc3ccc(S(=O)(=O)CC)cc3)ccc21. The largest absolute Gasteiger partial charge is 0.414 e. The van der Waals surface area contributed by atoms with Crippen molar-refractivity contribution in [3.63, 3.8) is 0 Å². The summed E-state index contributed by atoms with van der Waals surface area (Å²) < 4.78 is 69.6. The van der Waals surface area contributed by atoms with Crippen molar-refractivity contribution in [2.75, 3.05) is 12.4 Å². The highest BCUT2D eigenvalue weighted by Crippen LogP contribution is 2.33. The van der Waals surface area contributed by atoms with E-state index < -0.39 is 22.1 Å². The van der Waals surface area contributed by atoms with E-state index in [1.54, 1.807) is 31.2 Å². The first-order valence-corrected chi connectivity index (χ1v) is 13.9. The molecule has 0 aliphatic carbocycles. The number of alkyl halides is 3. The molecule has 1 fully saturated rings. The van der Waals surface area contributed by atoms with Gasteiger partial charge in [-0.25, -0.2) is 13.4 Å². The van der Waals surface area contributed by atoms with E-state index in [0.717, 1.165) is 16.9 Å². The number of carbonyl (C=O) groups is 1. The fourth-order valence-electron chi connectivity index (χ4n) is 4.58. The second-order valence-corrected chi connectivity index (χ2v) is 11.5. The van der Waals surface area contributed by atoms with Gasteiger partial charge in [-0.15, -0.1) is 0 Å². The quantitative estimate of drug-likeness (QED) is 0.451. The third-order valence-corrected chi connectivity index (χ3v) is 8.48. The fourth-order valence-corrected chi connectivity index (χ4v) is 5.46. The lowest BCUT2D eigenvalue weighted by Crippen LogP contribution is -2.38. The van der Waals surface area contributed by atoms with Crippen LogP contribution in [0.3, 0.4) is 0 Å². The first-order valence-electron chi connectivity index (χ1n) is 12.3. The average molecular weight is 538 g/mol. The number of hydrogen-bond acceptors (Lipinski definition) is 5. The van der Waals surface area contributed by atoms with Gasteiger partial charge in [0.05, 0.1) is 28.3 Å². The zero-order valence-corrected chi connectivity index (χ0v) is 21.5. The molecule has 37 heavy (non-hydrogen) atoms. The minimum absolute atomic E-state index is 0.0219. The van der Waals surface area contributed by atoms with Crippen molar-refractivity contribution < 1.29 is 31.1 Å². The van der Waals surface area contributed by atoms with Gasteiger partial charge in [0.15, 0.2) is 15.9 Å². The van der Waals surface area contributed by atoms with Gasteiger partial charge in [0, 0.05) is 25.1 Å². The van der Waals surface area contributed by atoms with E-state index >= 15 is 0 Å². The number of carbonyl (C=O) groups excluding carboxylic acids is 1. The average Bonchev–Trinajstić information content (AvgIpc) is 3.23. The lowest BCUT2D eigenvalue weighted by molar-refractivity contribution is -0.235. The van der Waals surface area contributed by atoms with Crippen molar-refractivity contribution >= 4 is 26.8 Å². The lowest BCUT2D eigenvalue weighted by Gasteiger charge is -2.30. The number of benzene rings is 2. The summed E-state index contributed by atoms with van der Waals surface area (Å²) >= 11 is 0. The zero-order valence-electron chi connectivity index (χ0n) is 20.7. The molecule has 11 heteroatoms. The van der Waals surface area contributed by atoms with Crippen LogP contribution in [0.15, 0.2) is 47.4 Å². The van der Waals surface area contributed by atoms with Crippen LogP contribution in [0.25, 0.3) is 11.0 Å². The summed E-state index contributed by atoms with van der Waals surface area (Å²) in [6, 6.07) is 11.7. The fraction of sp³-hybridized carbons (Fsp3) is 0.462. The molecule has 0 radical (unpaired) electrons. The zero-order chi connectivity index (χ0) is 26.8. The number of halogens is 3. The smallest absolute Gasteiger partial charge is 0.368 e. The number of aryl methyl sites for hydroxylation is 1. The molecule has 0 saturated carbocycles. The normalized spacial score (nSPS) is 18.7. The van der Waals surface area contributed by atoms with E-state index in [2.05, 4.69) is 5.32 Å². The van der Waals surface area contributed by atoms with E-state index in [9.17, 15) is 26.4 Å². The number of rotatable bonds is 8. The number of amides is 1. The molecule has 0 spiro atoms. The van der Waals surface area contributed by atoms with E-state index in [1.165, 1.54) is 12.1 Å².